The van der Waals surface area contributed by atoms with Crippen LogP contribution in [0.15, 0.2) is 150 Å². The fourth-order valence-corrected chi connectivity index (χ4v) is 9.29. The third-order valence-electron chi connectivity index (χ3n) is 11.9. The van der Waals surface area contributed by atoms with Gasteiger partial charge in [0.15, 0.2) is 0 Å². The van der Waals surface area contributed by atoms with Crippen LogP contribution in [0.3, 0.4) is 0 Å². The smallest absolute Gasteiger partial charge is 0.347 e. The molecule has 11 nitrogen and oxygen atoms in total. The molecule has 1 fully saturated rings. The van der Waals surface area contributed by atoms with Gasteiger partial charge in [-0.2, -0.15) is 0 Å². The minimum Gasteiger partial charge on any atom is -0.506 e. The third kappa shape index (κ3) is 10.5. The molecule has 64 heavy (non-hydrogen) atoms. The number of likely N-dealkylation sites (tertiary alicyclic amines) is 1. The van der Waals surface area contributed by atoms with Gasteiger partial charge in [0.05, 0.1) is 18.2 Å². The number of thiophene rings is 1. The summed E-state index contributed by atoms with van der Waals surface area (Å²) in [5, 5.41) is 40.1. The first-order valence-corrected chi connectivity index (χ1v) is 22.5. The molecule has 0 spiro atoms. The fraction of sp³-hybridized carbons (Fsp3) is 0.250. The van der Waals surface area contributed by atoms with Crippen molar-refractivity contribution < 1.29 is 29.6 Å². The molecule has 2 atom stereocenters. The van der Waals surface area contributed by atoms with Gasteiger partial charge in [0.2, 0.25) is 11.2 Å². The number of amides is 1. The van der Waals surface area contributed by atoms with E-state index in [9.17, 15) is 29.7 Å². The number of hydrogen-bond donors (Lipinski definition) is 6. The molecule has 5 aromatic carbocycles. The lowest BCUT2D eigenvalue weighted by molar-refractivity contribution is -0.164. The Morgan fingerprint density at radius 1 is 0.828 bits per heavy atom. The molecular formula is C52H52N4O7S. The van der Waals surface area contributed by atoms with Crippen molar-refractivity contribution in [2.75, 3.05) is 32.8 Å². The number of aromatic nitrogens is 1. The predicted molar refractivity (Wildman–Crippen MR) is 250 cm³/mol. The first-order valence-electron chi connectivity index (χ1n) is 21.7. The minimum atomic E-state index is -2.00. The van der Waals surface area contributed by atoms with Crippen molar-refractivity contribution in [1.82, 2.24) is 20.5 Å². The maximum absolute atomic E-state index is 14.0. The molecule has 2 aromatic heterocycles. The Morgan fingerprint density at radius 2 is 1.56 bits per heavy atom. The number of nitrogens with one attached hydrogen (secondary N) is 3. The number of fused-ring (bicyclic) bond motifs is 1. The summed E-state index contributed by atoms with van der Waals surface area (Å²) in [5.74, 6) is -0.714. The lowest BCUT2D eigenvalue weighted by atomic mass is 9.85. The summed E-state index contributed by atoms with van der Waals surface area (Å²) in [6.07, 6.45) is 1.57. The molecule has 1 saturated heterocycles. The maximum Gasteiger partial charge on any atom is 0.347 e. The van der Waals surface area contributed by atoms with E-state index in [1.165, 1.54) is 17.7 Å². The Morgan fingerprint density at radius 3 is 2.33 bits per heavy atom. The van der Waals surface area contributed by atoms with Gasteiger partial charge < -0.3 is 35.7 Å². The summed E-state index contributed by atoms with van der Waals surface area (Å²) in [5.41, 5.74) is 3.03. The van der Waals surface area contributed by atoms with E-state index in [1.807, 2.05) is 66.7 Å². The van der Waals surface area contributed by atoms with Crippen molar-refractivity contribution in [1.29, 1.82) is 0 Å². The van der Waals surface area contributed by atoms with Crippen molar-refractivity contribution in [2.45, 2.75) is 44.1 Å². The number of ether oxygens (including phenoxy) is 1. The average molecular weight is 877 g/mol. The van der Waals surface area contributed by atoms with E-state index in [0.717, 1.165) is 53.4 Å². The highest BCUT2D eigenvalue weighted by atomic mass is 32.1. The predicted octanol–water partition coefficient (Wildman–Crippen LogP) is 7.45. The number of aromatic amines is 1. The normalized spacial score (nSPS) is 14.8. The quantitative estimate of drug-likeness (QED) is 0.0511. The van der Waals surface area contributed by atoms with Crippen LogP contribution in [0.4, 0.5) is 0 Å². The Bertz CT molecular complexity index is 2730. The summed E-state index contributed by atoms with van der Waals surface area (Å²) < 4.78 is 5.95. The number of pyridine rings is 1. The van der Waals surface area contributed by atoms with E-state index in [4.69, 9.17) is 4.74 Å². The molecule has 1 aliphatic rings. The van der Waals surface area contributed by atoms with Gasteiger partial charge in [-0.15, -0.1) is 11.3 Å². The number of H-pyrrole nitrogens is 1. The van der Waals surface area contributed by atoms with Crippen LogP contribution in [-0.2, 0) is 34.6 Å². The molecule has 1 amide bonds. The van der Waals surface area contributed by atoms with Crippen LogP contribution >= 0.6 is 11.3 Å². The van der Waals surface area contributed by atoms with Crippen molar-refractivity contribution in [2.24, 2.45) is 5.92 Å². The highest BCUT2D eigenvalue weighted by molar-refractivity contribution is 7.15. The number of esters is 1. The van der Waals surface area contributed by atoms with Gasteiger partial charge in [0.1, 0.15) is 5.75 Å². The van der Waals surface area contributed by atoms with E-state index in [-0.39, 0.29) is 41.8 Å². The number of carbonyl (C=O) groups excluding carboxylic acids is 2. The number of aromatic hydroxyl groups is 1. The summed E-state index contributed by atoms with van der Waals surface area (Å²) in [7, 11) is 0. The molecule has 6 N–H and O–H groups in total. The number of carbonyl (C=O) groups is 2. The second kappa shape index (κ2) is 20.4. The average Bonchev–Trinajstić information content (AvgIpc) is 3.81. The van der Waals surface area contributed by atoms with Crippen LogP contribution in [0.2, 0.25) is 0 Å². The zero-order valence-electron chi connectivity index (χ0n) is 35.4. The van der Waals surface area contributed by atoms with E-state index < -0.39 is 17.7 Å². The zero-order valence-corrected chi connectivity index (χ0v) is 36.2. The van der Waals surface area contributed by atoms with Crippen molar-refractivity contribution >= 4 is 34.1 Å². The largest absolute Gasteiger partial charge is 0.506 e. The Kier molecular flexibility index (Phi) is 14.1. The molecule has 8 rings (SSSR count). The molecule has 12 heteroatoms. The SMILES string of the molecule is O=C(NCCc1ccc(-c2cccc([C@](O)(C(=O)OCC3CCN(Cc4ccccc4)CC3)c3ccccc3)c2)s1)c1ccc(CNC[C@H](O)c2ccc(O)c3[nH]c(=O)ccc23)cc1. The van der Waals surface area contributed by atoms with Crippen LogP contribution < -0.4 is 16.2 Å². The van der Waals surface area contributed by atoms with Gasteiger partial charge in [-0.1, -0.05) is 97.1 Å². The number of nitrogens with zero attached hydrogens (tertiary/aromatic N) is 1. The first kappa shape index (κ1) is 44.2. The number of benzene rings is 5. The molecule has 328 valence electrons. The number of aliphatic hydroxyl groups excluding tert-OH is 1. The van der Waals surface area contributed by atoms with Gasteiger partial charge in [0, 0.05) is 58.5 Å². The van der Waals surface area contributed by atoms with Crippen molar-refractivity contribution in [3.05, 3.63) is 194 Å². The van der Waals surface area contributed by atoms with Gasteiger partial charge in [-0.05, 0) is 109 Å². The topological polar surface area (TPSA) is 164 Å². The van der Waals surface area contributed by atoms with E-state index in [0.29, 0.717) is 47.2 Å². The van der Waals surface area contributed by atoms with E-state index in [1.54, 1.807) is 53.8 Å². The number of phenols is 1. The maximum atomic E-state index is 14.0. The third-order valence-corrected chi connectivity index (χ3v) is 13.1. The van der Waals surface area contributed by atoms with Crippen LogP contribution in [0.25, 0.3) is 21.3 Å². The lowest BCUT2D eigenvalue weighted by Gasteiger charge is -2.33. The molecular weight excluding hydrogens is 825 g/mol. The number of piperidine rings is 1. The highest BCUT2D eigenvalue weighted by Gasteiger charge is 2.42. The first-order chi connectivity index (χ1) is 31.1. The standard InChI is InChI=1S/C52H52N4O7S/c57-45-21-19-43(44-20-23-48(59)55-49(44)45)46(58)32-53-31-35-14-16-38(17-15-35)50(60)54-27-24-42-18-22-47(64-42)39-10-7-13-41(30-39)52(62,40-11-5-2-6-12-40)51(61)63-34-37-25-28-56(29-26-37)33-36-8-3-1-4-9-36/h1-23,30,37,46,53,57-58,62H,24-29,31-34H2,(H,54,60)(H,55,59)/t46-,52-/m0/s1. The summed E-state index contributed by atoms with van der Waals surface area (Å²) in [4.78, 5) is 45.8. The number of rotatable bonds is 17. The van der Waals surface area contributed by atoms with E-state index >= 15 is 0 Å². The molecule has 1 aliphatic heterocycles. The highest BCUT2D eigenvalue weighted by Crippen LogP contribution is 2.36. The zero-order chi connectivity index (χ0) is 44.5. The molecule has 0 saturated carbocycles. The Hall–Kier alpha value is -6.41. The fourth-order valence-electron chi connectivity index (χ4n) is 8.29. The number of hydrogen-bond acceptors (Lipinski definition) is 10. The van der Waals surface area contributed by atoms with Gasteiger partial charge >= 0.3 is 5.97 Å². The molecule has 0 radical (unpaired) electrons. The molecule has 7 aromatic rings. The molecule has 0 unspecified atom stereocenters. The van der Waals surface area contributed by atoms with Gasteiger partial charge in [-0.25, -0.2) is 4.79 Å². The second-order valence-corrected chi connectivity index (χ2v) is 17.5. The van der Waals surface area contributed by atoms with Crippen LogP contribution in [0.1, 0.15) is 62.0 Å². The minimum absolute atomic E-state index is 0.0623. The monoisotopic (exact) mass is 876 g/mol. The van der Waals surface area contributed by atoms with Crippen molar-refractivity contribution in [3.63, 3.8) is 0 Å². The van der Waals surface area contributed by atoms with Gasteiger partial charge in [0.25, 0.3) is 5.91 Å². The van der Waals surface area contributed by atoms with Gasteiger partial charge in [-0.3, -0.25) is 14.5 Å². The Labute approximate surface area is 376 Å². The van der Waals surface area contributed by atoms with Crippen molar-refractivity contribution in [3.8, 4) is 16.2 Å². The summed E-state index contributed by atoms with van der Waals surface area (Å²) >= 11 is 1.60. The summed E-state index contributed by atoms with van der Waals surface area (Å²) in [6.45, 7) is 4.14. The number of phenolic OH excluding ortho intramolecular Hbond substituents is 1. The van der Waals surface area contributed by atoms with Crippen LogP contribution in [0.5, 0.6) is 5.75 Å². The molecule has 0 aliphatic carbocycles. The second-order valence-electron chi connectivity index (χ2n) is 16.4. The number of aliphatic hydroxyl groups is 2. The lowest BCUT2D eigenvalue weighted by Crippen LogP contribution is -2.40. The van der Waals surface area contributed by atoms with Crippen LogP contribution in [0, 0.1) is 5.92 Å². The summed E-state index contributed by atoms with van der Waals surface area (Å²) in [6, 6.07) is 44.2. The Balaban J connectivity index is 0.826. The van der Waals surface area contributed by atoms with E-state index in [2.05, 4.69) is 44.8 Å². The molecule has 0 bridgehead atoms. The van der Waals surface area contributed by atoms with Crippen LogP contribution in [-0.4, -0.2) is 69.9 Å². The molecule has 3 heterocycles.